The molecule has 4 rings (SSSR count). The van der Waals surface area contributed by atoms with E-state index >= 15 is 0 Å². The largest absolute Gasteiger partial charge is 0.411 e. The minimum atomic E-state index is 0.0715. The van der Waals surface area contributed by atoms with Gasteiger partial charge in [-0.05, 0) is 54.7 Å². The van der Waals surface area contributed by atoms with Crippen LogP contribution in [-0.2, 0) is 12.8 Å². The van der Waals surface area contributed by atoms with Crippen LogP contribution < -0.4 is 0 Å². The average Bonchev–Trinajstić information content (AvgIpc) is 3.28. The summed E-state index contributed by atoms with van der Waals surface area (Å²) >= 11 is 7.23. The molecule has 6 heteroatoms. The summed E-state index contributed by atoms with van der Waals surface area (Å²) in [6.45, 7) is 0. The molecule has 0 saturated heterocycles. The van der Waals surface area contributed by atoms with Gasteiger partial charge >= 0.3 is 0 Å². The normalized spacial score (nSPS) is 13.0. The van der Waals surface area contributed by atoms with Crippen molar-refractivity contribution in [1.82, 2.24) is 10.2 Å². The summed E-state index contributed by atoms with van der Waals surface area (Å²) in [5, 5.41) is 9.00. The van der Waals surface area contributed by atoms with E-state index < -0.39 is 0 Å². The highest BCUT2D eigenvalue weighted by Crippen LogP contribution is 2.27. The van der Waals surface area contributed by atoms with E-state index in [-0.39, 0.29) is 11.5 Å². The molecule has 3 aromatic rings. The molecule has 126 valence electrons. The van der Waals surface area contributed by atoms with E-state index in [1.165, 1.54) is 29.3 Å². The van der Waals surface area contributed by atoms with Crippen molar-refractivity contribution in [3.63, 3.8) is 0 Å². The van der Waals surface area contributed by atoms with Gasteiger partial charge in [-0.2, -0.15) is 0 Å². The third-order valence-corrected chi connectivity index (χ3v) is 5.28. The minimum Gasteiger partial charge on any atom is -0.411 e. The first-order valence-corrected chi connectivity index (χ1v) is 9.42. The summed E-state index contributed by atoms with van der Waals surface area (Å²) in [6, 6.07) is 13.2. The van der Waals surface area contributed by atoms with Crippen molar-refractivity contribution in [3.8, 4) is 11.5 Å². The molecule has 0 N–H and O–H groups in total. The smallest absolute Gasteiger partial charge is 0.277 e. The number of ketones is 1. The van der Waals surface area contributed by atoms with Gasteiger partial charge in [-0.25, -0.2) is 0 Å². The summed E-state index contributed by atoms with van der Waals surface area (Å²) in [5.74, 6) is 0.743. The third kappa shape index (κ3) is 3.62. The van der Waals surface area contributed by atoms with E-state index in [4.69, 9.17) is 16.0 Å². The number of nitrogens with zero attached hydrogens (tertiary/aromatic N) is 2. The van der Waals surface area contributed by atoms with Crippen LogP contribution in [-0.4, -0.2) is 21.7 Å². The number of hydrogen-bond donors (Lipinski definition) is 0. The molecule has 2 aromatic carbocycles. The van der Waals surface area contributed by atoms with Crippen molar-refractivity contribution in [2.75, 3.05) is 5.75 Å². The molecule has 1 aromatic heterocycles. The molecule has 0 amide bonds. The molecular formula is C19H15ClN2O2S. The first-order valence-electron chi connectivity index (χ1n) is 8.06. The van der Waals surface area contributed by atoms with E-state index in [9.17, 15) is 4.79 Å². The monoisotopic (exact) mass is 370 g/mol. The van der Waals surface area contributed by atoms with Crippen molar-refractivity contribution in [3.05, 3.63) is 64.2 Å². The fourth-order valence-electron chi connectivity index (χ4n) is 2.96. The Morgan fingerprint density at radius 2 is 2.00 bits per heavy atom. The number of halogens is 1. The van der Waals surface area contributed by atoms with E-state index in [0.29, 0.717) is 16.1 Å². The molecule has 0 unspecified atom stereocenters. The number of Topliss-reactive ketones (excluding diaryl/α,β-unsaturated/α-hetero) is 1. The predicted molar refractivity (Wildman–Crippen MR) is 98.3 cm³/mol. The van der Waals surface area contributed by atoms with Crippen LogP contribution >= 0.6 is 23.4 Å². The molecule has 0 spiro atoms. The van der Waals surface area contributed by atoms with Crippen LogP contribution in [0.25, 0.3) is 11.5 Å². The van der Waals surface area contributed by atoms with Crippen LogP contribution in [0.2, 0.25) is 5.02 Å². The van der Waals surface area contributed by atoms with E-state index in [1.54, 1.807) is 12.1 Å². The molecule has 1 aliphatic carbocycles. The van der Waals surface area contributed by atoms with Crippen molar-refractivity contribution in [2.45, 2.75) is 24.5 Å². The lowest BCUT2D eigenvalue weighted by molar-refractivity contribution is 0.102. The Morgan fingerprint density at radius 3 is 2.88 bits per heavy atom. The molecule has 0 radical (unpaired) electrons. The van der Waals surface area contributed by atoms with Crippen LogP contribution in [0.1, 0.15) is 27.9 Å². The fraction of sp³-hybridized carbons (Fsp3) is 0.211. The number of benzene rings is 2. The van der Waals surface area contributed by atoms with Gasteiger partial charge in [-0.3, -0.25) is 4.79 Å². The van der Waals surface area contributed by atoms with Gasteiger partial charge in [0.25, 0.3) is 5.22 Å². The molecule has 25 heavy (non-hydrogen) atoms. The molecule has 4 nitrogen and oxygen atoms in total. The minimum absolute atomic E-state index is 0.0715. The van der Waals surface area contributed by atoms with Crippen LogP contribution in [0, 0.1) is 0 Å². The molecule has 0 saturated carbocycles. The molecule has 0 aliphatic heterocycles. The number of thioether (sulfide) groups is 1. The van der Waals surface area contributed by atoms with Crippen molar-refractivity contribution in [2.24, 2.45) is 0 Å². The van der Waals surface area contributed by atoms with E-state index in [0.717, 1.165) is 24.0 Å². The second kappa shape index (κ2) is 7.02. The van der Waals surface area contributed by atoms with Gasteiger partial charge in [0.2, 0.25) is 5.89 Å². The first-order chi connectivity index (χ1) is 12.2. The number of fused-ring (bicyclic) bond motifs is 1. The lowest BCUT2D eigenvalue weighted by Crippen LogP contribution is -2.03. The highest BCUT2D eigenvalue weighted by Gasteiger charge is 2.16. The molecule has 1 aliphatic rings. The first kappa shape index (κ1) is 16.4. The van der Waals surface area contributed by atoms with E-state index in [1.807, 2.05) is 24.3 Å². The lowest BCUT2D eigenvalue weighted by Gasteiger charge is -2.03. The van der Waals surface area contributed by atoms with Gasteiger partial charge in [0, 0.05) is 16.1 Å². The van der Waals surface area contributed by atoms with Gasteiger partial charge in [-0.1, -0.05) is 41.6 Å². The number of carbonyl (C=O) groups is 1. The Balaban J connectivity index is 1.42. The average molecular weight is 371 g/mol. The Bertz CT molecular complexity index is 939. The summed E-state index contributed by atoms with van der Waals surface area (Å²) < 4.78 is 5.61. The maximum absolute atomic E-state index is 12.4. The zero-order chi connectivity index (χ0) is 17.2. The zero-order valence-corrected chi connectivity index (χ0v) is 14.9. The molecule has 0 fully saturated rings. The summed E-state index contributed by atoms with van der Waals surface area (Å²) in [5.41, 5.74) is 4.18. The second-order valence-corrected chi connectivity index (χ2v) is 7.30. The number of aryl methyl sites for hydroxylation is 2. The van der Waals surface area contributed by atoms with Crippen LogP contribution in [0.15, 0.2) is 52.1 Å². The Hall–Kier alpha value is -2.11. The maximum atomic E-state index is 12.4. The zero-order valence-electron chi connectivity index (χ0n) is 13.4. The summed E-state index contributed by atoms with van der Waals surface area (Å²) in [4.78, 5) is 12.4. The van der Waals surface area contributed by atoms with E-state index in [2.05, 4.69) is 16.3 Å². The second-order valence-electron chi connectivity index (χ2n) is 5.93. The quantitative estimate of drug-likeness (QED) is 0.474. The number of rotatable bonds is 5. The lowest BCUT2D eigenvalue weighted by atomic mass is 10.0. The SMILES string of the molecule is O=C(CSc1nnc(-c2cccc(Cl)c2)o1)c1ccc2c(c1)CCC2. The number of aromatic nitrogens is 2. The van der Waals surface area contributed by atoms with Crippen molar-refractivity contribution < 1.29 is 9.21 Å². The third-order valence-electron chi connectivity index (χ3n) is 4.23. The van der Waals surface area contributed by atoms with Crippen molar-refractivity contribution in [1.29, 1.82) is 0 Å². The summed E-state index contributed by atoms with van der Waals surface area (Å²) in [6.07, 6.45) is 3.36. The van der Waals surface area contributed by atoms with Gasteiger partial charge in [0.1, 0.15) is 0 Å². The predicted octanol–water partition coefficient (Wildman–Crippen LogP) is 4.85. The van der Waals surface area contributed by atoms with Gasteiger partial charge in [0.05, 0.1) is 5.75 Å². The highest BCUT2D eigenvalue weighted by atomic mass is 35.5. The van der Waals surface area contributed by atoms with Gasteiger partial charge in [-0.15, -0.1) is 10.2 Å². The number of hydrogen-bond acceptors (Lipinski definition) is 5. The molecule has 0 atom stereocenters. The maximum Gasteiger partial charge on any atom is 0.277 e. The van der Waals surface area contributed by atoms with Gasteiger partial charge < -0.3 is 4.42 Å². The standard InChI is InChI=1S/C19H15ClN2O2S/c20-16-6-2-5-15(10-16)18-21-22-19(24-18)25-11-17(23)14-8-7-12-3-1-4-13(12)9-14/h2,5-10H,1,3-4,11H2. The van der Waals surface area contributed by atoms with Crippen LogP contribution in [0.5, 0.6) is 0 Å². The van der Waals surface area contributed by atoms with Crippen molar-refractivity contribution >= 4 is 29.1 Å². The topological polar surface area (TPSA) is 56.0 Å². The summed E-state index contributed by atoms with van der Waals surface area (Å²) in [7, 11) is 0. The van der Waals surface area contributed by atoms with Crippen LogP contribution in [0.3, 0.4) is 0 Å². The fourth-order valence-corrected chi connectivity index (χ4v) is 3.81. The Kier molecular flexibility index (Phi) is 4.59. The number of carbonyl (C=O) groups excluding carboxylic acids is 1. The molecule has 1 heterocycles. The molecule has 0 bridgehead atoms. The highest BCUT2D eigenvalue weighted by molar-refractivity contribution is 7.99. The Labute approximate surface area is 154 Å². The Morgan fingerprint density at radius 1 is 1.12 bits per heavy atom. The molecular weight excluding hydrogens is 356 g/mol. The van der Waals surface area contributed by atoms with Crippen LogP contribution in [0.4, 0.5) is 0 Å². The van der Waals surface area contributed by atoms with Gasteiger partial charge in [0.15, 0.2) is 5.78 Å².